The highest BCUT2D eigenvalue weighted by Crippen LogP contribution is 2.24. The van der Waals surface area contributed by atoms with Gasteiger partial charge in [-0.1, -0.05) is 18.2 Å². The van der Waals surface area contributed by atoms with E-state index in [9.17, 15) is 14.4 Å². The predicted molar refractivity (Wildman–Crippen MR) is 93.0 cm³/mol. The Kier molecular flexibility index (Phi) is 4.27. The number of carbonyl (C=O) groups is 3. The molecule has 0 radical (unpaired) electrons. The van der Waals surface area contributed by atoms with Crippen LogP contribution in [0.4, 0.5) is 0 Å². The monoisotopic (exact) mass is 338 g/mol. The van der Waals surface area contributed by atoms with Gasteiger partial charge in [0.25, 0.3) is 0 Å². The minimum absolute atomic E-state index is 0.139. The Morgan fingerprint density at radius 1 is 1.16 bits per heavy atom. The maximum absolute atomic E-state index is 12.8. The number of esters is 1. The molecule has 0 aliphatic carbocycles. The fraction of sp³-hybridized carbons (Fsp3) is 0.211. The van der Waals surface area contributed by atoms with Crippen LogP contribution in [0.2, 0.25) is 0 Å². The zero-order chi connectivity index (χ0) is 18.1. The number of hydrogen-bond donors (Lipinski definition) is 2. The third-order valence-corrected chi connectivity index (χ3v) is 4.10. The summed E-state index contributed by atoms with van der Waals surface area (Å²) in [5, 5.41) is 0.798. The van der Waals surface area contributed by atoms with Crippen molar-refractivity contribution in [3.63, 3.8) is 0 Å². The average Bonchev–Trinajstić information content (AvgIpc) is 3.18. The number of ether oxygens (including phenoxy) is 1. The number of benzene rings is 1. The summed E-state index contributed by atoms with van der Waals surface area (Å²) >= 11 is 0. The molecule has 0 spiro atoms. The summed E-state index contributed by atoms with van der Waals surface area (Å²) in [6.45, 7) is 4.76. The molecule has 25 heavy (non-hydrogen) atoms. The number of ketones is 2. The zero-order valence-corrected chi connectivity index (χ0v) is 14.2. The van der Waals surface area contributed by atoms with Gasteiger partial charge in [-0.05, 0) is 32.9 Å². The van der Waals surface area contributed by atoms with Gasteiger partial charge in [0.1, 0.15) is 5.69 Å². The smallest absolute Gasteiger partial charge is 0.355 e. The van der Waals surface area contributed by atoms with Gasteiger partial charge >= 0.3 is 5.97 Å². The molecule has 2 N–H and O–H groups in total. The van der Waals surface area contributed by atoms with Crippen LogP contribution in [0.15, 0.2) is 36.5 Å². The van der Waals surface area contributed by atoms with Gasteiger partial charge < -0.3 is 14.7 Å². The van der Waals surface area contributed by atoms with Crippen LogP contribution in [0.25, 0.3) is 10.9 Å². The summed E-state index contributed by atoms with van der Waals surface area (Å²) in [6.07, 6.45) is 0.490. The molecule has 0 amide bonds. The molecule has 0 aliphatic rings. The maximum atomic E-state index is 12.8. The molecule has 1 atom stereocenters. The minimum atomic E-state index is -0.950. The van der Waals surface area contributed by atoms with Crippen LogP contribution in [0, 0.1) is 6.92 Å². The second-order valence-corrected chi connectivity index (χ2v) is 5.94. The van der Waals surface area contributed by atoms with E-state index in [1.807, 2.05) is 31.2 Å². The van der Waals surface area contributed by atoms with E-state index in [-0.39, 0.29) is 17.3 Å². The van der Waals surface area contributed by atoms with Crippen LogP contribution in [-0.2, 0) is 4.74 Å². The van der Waals surface area contributed by atoms with Crippen molar-refractivity contribution < 1.29 is 19.1 Å². The minimum Gasteiger partial charge on any atom is -0.450 e. The van der Waals surface area contributed by atoms with Crippen LogP contribution in [0.1, 0.15) is 50.7 Å². The Balaban J connectivity index is 1.81. The molecular formula is C19H18N2O4. The SMILES string of the molecule is CC(=O)c1c[nH]c(C(=O)O[C@H](C)C(=O)c2c(C)[nH]c3ccccc23)c1. The number of fused-ring (bicyclic) bond motifs is 1. The molecular weight excluding hydrogens is 320 g/mol. The third kappa shape index (κ3) is 3.10. The Labute approximate surface area is 144 Å². The Morgan fingerprint density at radius 3 is 2.56 bits per heavy atom. The topological polar surface area (TPSA) is 92.0 Å². The molecule has 0 fully saturated rings. The summed E-state index contributed by atoms with van der Waals surface area (Å²) in [5.74, 6) is -1.11. The first-order valence-corrected chi connectivity index (χ1v) is 7.90. The molecule has 2 heterocycles. The second kappa shape index (κ2) is 6.39. The fourth-order valence-corrected chi connectivity index (χ4v) is 2.79. The van der Waals surface area contributed by atoms with E-state index < -0.39 is 12.1 Å². The highest BCUT2D eigenvalue weighted by Gasteiger charge is 2.25. The zero-order valence-electron chi connectivity index (χ0n) is 14.2. The molecule has 128 valence electrons. The number of hydrogen-bond acceptors (Lipinski definition) is 4. The van der Waals surface area contributed by atoms with Gasteiger partial charge in [0.05, 0.1) is 0 Å². The molecule has 0 saturated heterocycles. The van der Waals surface area contributed by atoms with Gasteiger partial charge in [0.2, 0.25) is 5.78 Å². The molecule has 6 heteroatoms. The lowest BCUT2D eigenvalue weighted by molar-refractivity contribution is 0.0314. The molecule has 1 aromatic carbocycles. The standard InChI is InChI=1S/C19H18N2O4/c1-10-17(14-6-4-5-7-15(14)21-10)18(23)12(3)25-19(24)16-8-13(9-20-16)11(2)22/h4-9,12,20-21H,1-3H3/t12-/m1/s1. The van der Waals surface area contributed by atoms with Crippen molar-refractivity contribution in [2.75, 3.05) is 0 Å². The second-order valence-electron chi connectivity index (χ2n) is 5.94. The van der Waals surface area contributed by atoms with Gasteiger partial charge in [-0.25, -0.2) is 4.79 Å². The largest absolute Gasteiger partial charge is 0.450 e. The molecule has 2 aromatic heterocycles. The van der Waals surface area contributed by atoms with Gasteiger partial charge in [-0.2, -0.15) is 0 Å². The van der Waals surface area contributed by atoms with Crippen molar-refractivity contribution in [3.05, 3.63) is 59.0 Å². The van der Waals surface area contributed by atoms with Crippen molar-refractivity contribution in [2.45, 2.75) is 26.9 Å². The van der Waals surface area contributed by atoms with Crippen molar-refractivity contribution in [3.8, 4) is 0 Å². The average molecular weight is 338 g/mol. The number of aryl methyl sites for hydroxylation is 1. The number of H-pyrrole nitrogens is 2. The summed E-state index contributed by atoms with van der Waals surface area (Å²) in [6, 6.07) is 8.89. The first-order chi connectivity index (χ1) is 11.9. The van der Waals surface area contributed by atoms with E-state index in [0.717, 1.165) is 16.6 Å². The highest BCUT2D eigenvalue weighted by molar-refractivity contribution is 6.11. The highest BCUT2D eigenvalue weighted by atomic mass is 16.5. The summed E-state index contributed by atoms with van der Waals surface area (Å²) < 4.78 is 5.27. The van der Waals surface area contributed by atoms with Crippen molar-refractivity contribution >= 4 is 28.4 Å². The van der Waals surface area contributed by atoms with Gasteiger partial charge in [0.15, 0.2) is 11.9 Å². The first kappa shape index (κ1) is 16.7. The summed E-state index contributed by atoms with van der Waals surface area (Å²) in [7, 11) is 0. The molecule has 0 aliphatic heterocycles. The van der Waals surface area contributed by atoms with Crippen LogP contribution >= 0.6 is 0 Å². The Bertz CT molecular complexity index is 980. The molecule has 0 bridgehead atoms. The van der Waals surface area contributed by atoms with E-state index in [1.54, 1.807) is 0 Å². The van der Waals surface area contributed by atoms with Crippen molar-refractivity contribution in [2.24, 2.45) is 0 Å². The lowest BCUT2D eigenvalue weighted by Crippen LogP contribution is -2.25. The Morgan fingerprint density at radius 2 is 1.88 bits per heavy atom. The van der Waals surface area contributed by atoms with E-state index in [4.69, 9.17) is 4.74 Å². The van der Waals surface area contributed by atoms with E-state index in [0.29, 0.717) is 11.1 Å². The molecule has 0 saturated carbocycles. The normalized spacial score (nSPS) is 12.1. The number of rotatable bonds is 5. The van der Waals surface area contributed by atoms with Crippen molar-refractivity contribution in [1.29, 1.82) is 0 Å². The number of para-hydroxylation sites is 1. The van der Waals surface area contributed by atoms with E-state index in [1.165, 1.54) is 26.1 Å². The lowest BCUT2D eigenvalue weighted by Gasteiger charge is -2.12. The Hall–Kier alpha value is -3.15. The number of aromatic amines is 2. The number of carbonyl (C=O) groups excluding carboxylic acids is 3. The fourth-order valence-electron chi connectivity index (χ4n) is 2.79. The van der Waals surface area contributed by atoms with Crippen LogP contribution in [-0.4, -0.2) is 33.6 Å². The quantitative estimate of drug-likeness (QED) is 0.550. The van der Waals surface area contributed by atoms with Crippen LogP contribution in [0.3, 0.4) is 0 Å². The summed E-state index contributed by atoms with van der Waals surface area (Å²) in [5.41, 5.74) is 2.64. The first-order valence-electron chi connectivity index (χ1n) is 7.90. The number of Topliss-reactive ketones (excluding diaryl/α,β-unsaturated/α-hetero) is 2. The van der Waals surface area contributed by atoms with Crippen molar-refractivity contribution in [1.82, 2.24) is 9.97 Å². The summed E-state index contributed by atoms with van der Waals surface area (Å²) in [4.78, 5) is 42.1. The third-order valence-electron chi connectivity index (χ3n) is 4.10. The van der Waals surface area contributed by atoms with E-state index >= 15 is 0 Å². The number of nitrogens with one attached hydrogen (secondary N) is 2. The molecule has 3 rings (SSSR count). The van der Waals surface area contributed by atoms with Crippen LogP contribution < -0.4 is 0 Å². The van der Waals surface area contributed by atoms with Gasteiger partial charge in [-0.15, -0.1) is 0 Å². The number of aromatic nitrogens is 2. The van der Waals surface area contributed by atoms with Gasteiger partial charge in [0, 0.05) is 33.9 Å². The lowest BCUT2D eigenvalue weighted by atomic mass is 10.0. The van der Waals surface area contributed by atoms with Crippen LogP contribution in [0.5, 0.6) is 0 Å². The van der Waals surface area contributed by atoms with Gasteiger partial charge in [-0.3, -0.25) is 9.59 Å². The molecule has 6 nitrogen and oxygen atoms in total. The predicted octanol–water partition coefficient (Wildman–Crippen LogP) is 3.44. The van der Waals surface area contributed by atoms with E-state index in [2.05, 4.69) is 9.97 Å². The maximum Gasteiger partial charge on any atom is 0.355 e. The molecule has 0 unspecified atom stereocenters. The molecule has 3 aromatic rings.